The van der Waals surface area contributed by atoms with Gasteiger partial charge in [0.1, 0.15) is 0 Å². The average molecular weight is 427 g/mol. The Morgan fingerprint density at radius 3 is 1.82 bits per heavy atom. The summed E-state index contributed by atoms with van der Waals surface area (Å²) in [4.78, 5) is 17.0. The van der Waals surface area contributed by atoms with Gasteiger partial charge in [-0.3, -0.25) is 4.84 Å². The van der Waals surface area contributed by atoms with E-state index in [0.29, 0.717) is 71.9 Å². The second kappa shape index (κ2) is 18.2. The molecule has 0 aromatic heterocycles. The summed E-state index contributed by atoms with van der Waals surface area (Å²) in [6.07, 6.45) is 0.587. The SMILES string of the molecule is CCO[Si](CCCN(OCCOCCOCCOC)C(N)=O)(OCC)OCC. The second-order valence-corrected chi connectivity index (χ2v) is 8.31. The van der Waals surface area contributed by atoms with Crippen molar-refractivity contribution in [1.82, 2.24) is 5.06 Å². The van der Waals surface area contributed by atoms with Crippen molar-refractivity contribution < 1.29 is 37.1 Å². The van der Waals surface area contributed by atoms with Gasteiger partial charge in [-0.05, 0) is 27.2 Å². The number of hydroxylamine groups is 2. The summed E-state index contributed by atoms with van der Waals surface area (Å²) in [7, 11) is -1.12. The van der Waals surface area contributed by atoms with Gasteiger partial charge in [-0.2, -0.15) is 0 Å². The van der Waals surface area contributed by atoms with Crippen molar-refractivity contribution in [1.29, 1.82) is 0 Å². The summed E-state index contributed by atoms with van der Waals surface area (Å²) in [6, 6.07) is -0.0790. The zero-order valence-corrected chi connectivity index (χ0v) is 18.8. The first-order valence-electron chi connectivity index (χ1n) is 9.81. The number of carbonyl (C=O) groups is 1. The molecule has 10 nitrogen and oxygen atoms in total. The fourth-order valence-corrected chi connectivity index (χ4v) is 4.94. The zero-order valence-electron chi connectivity index (χ0n) is 17.8. The van der Waals surface area contributed by atoms with Gasteiger partial charge in [0.15, 0.2) is 0 Å². The van der Waals surface area contributed by atoms with Gasteiger partial charge in [0, 0.05) is 33.0 Å². The maximum atomic E-state index is 11.6. The van der Waals surface area contributed by atoms with E-state index in [1.165, 1.54) is 0 Å². The van der Waals surface area contributed by atoms with E-state index in [1.54, 1.807) is 7.11 Å². The van der Waals surface area contributed by atoms with Crippen LogP contribution in [0.4, 0.5) is 4.79 Å². The second-order valence-electron chi connectivity index (χ2n) is 5.58. The standard InChI is InChI=1S/C17H38N2O8Si/c1-5-25-28(26-6-2,27-7-3)16-8-9-19(17(18)20)24-15-14-23-13-12-22-11-10-21-4/h5-16H2,1-4H3,(H2,18,20). The Bertz CT molecular complexity index is 362. The van der Waals surface area contributed by atoms with Crippen LogP contribution in [0, 0.1) is 0 Å². The van der Waals surface area contributed by atoms with E-state index in [1.807, 2.05) is 20.8 Å². The van der Waals surface area contributed by atoms with Crippen molar-refractivity contribution in [2.75, 3.05) is 73.1 Å². The molecule has 2 amide bonds. The van der Waals surface area contributed by atoms with Gasteiger partial charge in [0.25, 0.3) is 0 Å². The van der Waals surface area contributed by atoms with Crippen LogP contribution in [0.1, 0.15) is 27.2 Å². The largest absolute Gasteiger partial charge is 0.500 e. The Labute approximate surface area is 169 Å². The van der Waals surface area contributed by atoms with Crippen molar-refractivity contribution in [3.63, 3.8) is 0 Å². The highest BCUT2D eigenvalue weighted by Gasteiger charge is 2.39. The highest BCUT2D eigenvalue weighted by atomic mass is 28.4. The van der Waals surface area contributed by atoms with Gasteiger partial charge < -0.3 is 33.2 Å². The minimum Gasteiger partial charge on any atom is -0.382 e. The number of amides is 2. The van der Waals surface area contributed by atoms with Crippen LogP contribution in [0.15, 0.2) is 0 Å². The highest BCUT2D eigenvalue weighted by molar-refractivity contribution is 6.60. The molecule has 11 heteroatoms. The van der Waals surface area contributed by atoms with Crippen LogP contribution < -0.4 is 5.73 Å². The number of nitrogens with two attached hydrogens (primary N) is 1. The lowest BCUT2D eigenvalue weighted by Crippen LogP contribution is -2.47. The predicted octanol–water partition coefficient (Wildman–Crippen LogP) is 1.42. The van der Waals surface area contributed by atoms with E-state index in [-0.39, 0.29) is 6.61 Å². The first-order chi connectivity index (χ1) is 13.5. The Morgan fingerprint density at radius 2 is 1.36 bits per heavy atom. The van der Waals surface area contributed by atoms with Gasteiger partial charge in [-0.1, -0.05) is 0 Å². The summed E-state index contributed by atoms with van der Waals surface area (Å²) < 4.78 is 32.9. The molecule has 0 heterocycles. The third-order valence-corrected chi connectivity index (χ3v) is 6.61. The molecule has 0 saturated carbocycles. The van der Waals surface area contributed by atoms with E-state index >= 15 is 0 Å². The molecule has 0 unspecified atom stereocenters. The van der Waals surface area contributed by atoms with Crippen LogP contribution in [0.25, 0.3) is 0 Å². The van der Waals surface area contributed by atoms with E-state index in [2.05, 4.69) is 0 Å². The van der Waals surface area contributed by atoms with Crippen molar-refractivity contribution in [3.05, 3.63) is 0 Å². The molecule has 0 fully saturated rings. The molecule has 0 aliphatic heterocycles. The molecule has 0 spiro atoms. The minimum absolute atomic E-state index is 0.214. The van der Waals surface area contributed by atoms with Crippen molar-refractivity contribution in [3.8, 4) is 0 Å². The predicted molar refractivity (Wildman–Crippen MR) is 106 cm³/mol. The monoisotopic (exact) mass is 426 g/mol. The van der Waals surface area contributed by atoms with E-state index in [4.69, 9.17) is 38.1 Å². The topological polar surface area (TPSA) is 111 Å². The summed E-state index contributed by atoms with van der Waals surface area (Å²) in [5, 5.41) is 1.13. The first kappa shape index (κ1) is 27.2. The number of urea groups is 1. The van der Waals surface area contributed by atoms with Crippen LogP contribution in [0.3, 0.4) is 0 Å². The molecule has 0 bridgehead atoms. The lowest BCUT2D eigenvalue weighted by Gasteiger charge is -2.29. The van der Waals surface area contributed by atoms with E-state index < -0.39 is 14.8 Å². The summed E-state index contributed by atoms with van der Waals surface area (Å²) >= 11 is 0. The number of methoxy groups -OCH3 is 1. The number of rotatable bonds is 20. The molecule has 2 N–H and O–H groups in total. The number of hydrogen-bond acceptors (Lipinski definition) is 8. The number of primary amides is 1. The van der Waals surface area contributed by atoms with Gasteiger partial charge in [-0.15, -0.1) is 0 Å². The molecule has 168 valence electrons. The van der Waals surface area contributed by atoms with Crippen LogP contribution in [-0.4, -0.2) is 93.0 Å². The Kier molecular flexibility index (Phi) is 17.7. The molecule has 0 aliphatic rings. The summed E-state index contributed by atoms with van der Waals surface area (Å²) in [5.41, 5.74) is 5.38. The molecular formula is C17H38N2O8Si. The Morgan fingerprint density at radius 1 is 0.857 bits per heavy atom. The molecule has 0 atom stereocenters. The van der Waals surface area contributed by atoms with Gasteiger partial charge >= 0.3 is 14.8 Å². The number of nitrogens with zero attached hydrogens (tertiary/aromatic N) is 1. The van der Waals surface area contributed by atoms with E-state index in [9.17, 15) is 4.79 Å². The molecule has 0 aliphatic carbocycles. The van der Waals surface area contributed by atoms with Crippen LogP contribution in [-0.2, 0) is 32.3 Å². The fourth-order valence-electron chi connectivity index (χ4n) is 2.35. The number of ether oxygens (including phenoxy) is 3. The molecule has 0 saturated heterocycles. The van der Waals surface area contributed by atoms with Crippen molar-refractivity contribution in [2.24, 2.45) is 5.73 Å². The van der Waals surface area contributed by atoms with Crippen molar-refractivity contribution in [2.45, 2.75) is 33.2 Å². The molecule has 0 rings (SSSR count). The minimum atomic E-state index is -2.74. The maximum absolute atomic E-state index is 11.6. The quantitative estimate of drug-likeness (QED) is 0.177. The normalized spacial score (nSPS) is 11.7. The van der Waals surface area contributed by atoms with Crippen LogP contribution >= 0.6 is 0 Å². The van der Waals surface area contributed by atoms with Gasteiger partial charge in [0.2, 0.25) is 0 Å². The van der Waals surface area contributed by atoms with Crippen LogP contribution in [0.5, 0.6) is 0 Å². The smallest absolute Gasteiger partial charge is 0.382 e. The lowest BCUT2D eigenvalue weighted by molar-refractivity contribution is -0.131. The first-order valence-corrected chi connectivity index (χ1v) is 11.7. The molecule has 28 heavy (non-hydrogen) atoms. The Balaban J connectivity index is 4.14. The van der Waals surface area contributed by atoms with E-state index in [0.717, 1.165) is 5.06 Å². The number of carbonyl (C=O) groups excluding carboxylic acids is 1. The fraction of sp³-hybridized carbons (Fsp3) is 0.941. The van der Waals surface area contributed by atoms with Crippen molar-refractivity contribution >= 4 is 14.8 Å². The highest BCUT2D eigenvalue weighted by Crippen LogP contribution is 2.18. The molecular weight excluding hydrogens is 388 g/mol. The average Bonchev–Trinajstić information content (AvgIpc) is 2.65. The van der Waals surface area contributed by atoms with Gasteiger partial charge in [0.05, 0.1) is 46.2 Å². The third kappa shape index (κ3) is 13.4. The Hall–Kier alpha value is -0.793. The zero-order chi connectivity index (χ0) is 21.1. The van der Waals surface area contributed by atoms with Gasteiger partial charge in [-0.25, -0.2) is 9.86 Å². The molecule has 0 aromatic rings. The summed E-state index contributed by atoms with van der Waals surface area (Å²) in [6.45, 7) is 10.1. The molecule has 0 radical (unpaired) electrons. The third-order valence-electron chi connectivity index (χ3n) is 3.46. The lowest BCUT2D eigenvalue weighted by atomic mass is 10.5. The maximum Gasteiger partial charge on any atom is 0.500 e. The number of hydrogen-bond donors (Lipinski definition) is 1. The molecule has 0 aromatic carbocycles. The summed E-state index contributed by atoms with van der Waals surface area (Å²) in [5.74, 6) is 0. The van der Waals surface area contributed by atoms with Crippen LogP contribution in [0.2, 0.25) is 6.04 Å².